The summed E-state index contributed by atoms with van der Waals surface area (Å²) >= 11 is 0. The first kappa shape index (κ1) is 17.0. The summed E-state index contributed by atoms with van der Waals surface area (Å²) in [4.78, 5) is 0. The van der Waals surface area contributed by atoms with E-state index in [4.69, 9.17) is 0 Å². The van der Waals surface area contributed by atoms with Crippen molar-refractivity contribution in [1.82, 2.24) is 9.78 Å². The van der Waals surface area contributed by atoms with Crippen LogP contribution in [0.5, 0.6) is 0 Å². The third-order valence-corrected chi connectivity index (χ3v) is 4.30. The molecule has 2 aromatic carbocycles. The number of aryl methyl sites for hydroxylation is 3. The van der Waals surface area contributed by atoms with Gasteiger partial charge in [0.15, 0.2) is 0 Å². The number of hydrogen-bond acceptors (Lipinski definition) is 3. The minimum Gasteiger partial charge on any atom is -0.278 e. The van der Waals surface area contributed by atoms with E-state index in [9.17, 15) is 0 Å². The molecule has 4 nitrogen and oxygen atoms in total. The minimum atomic E-state index is 0.770. The van der Waals surface area contributed by atoms with Crippen molar-refractivity contribution in [2.75, 3.05) is 5.43 Å². The van der Waals surface area contributed by atoms with Crippen LogP contribution in [0.1, 0.15) is 33.6 Å². The van der Waals surface area contributed by atoms with E-state index in [-0.39, 0.29) is 0 Å². The lowest BCUT2D eigenvalue weighted by atomic mass is 10.1. The minimum absolute atomic E-state index is 0.770. The molecule has 1 N–H and O–H groups in total. The maximum atomic E-state index is 4.67. The third kappa shape index (κ3) is 4.15. The molecule has 0 aliphatic carbocycles. The average Bonchev–Trinajstić information content (AvgIpc) is 2.84. The normalized spacial score (nSPS) is 11.2. The summed E-state index contributed by atoms with van der Waals surface area (Å²) in [5.41, 5.74) is 11.0. The number of rotatable bonds is 5. The van der Waals surface area contributed by atoms with Gasteiger partial charge in [0.2, 0.25) is 0 Å². The number of anilines is 1. The molecule has 1 aromatic heterocycles. The van der Waals surface area contributed by atoms with Crippen LogP contribution in [0.2, 0.25) is 0 Å². The summed E-state index contributed by atoms with van der Waals surface area (Å²) in [5, 5.41) is 9.04. The molecular weight excluding hydrogens is 308 g/mol. The van der Waals surface area contributed by atoms with Crippen LogP contribution in [0.3, 0.4) is 0 Å². The first-order valence-corrected chi connectivity index (χ1v) is 8.48. The molecular formula is C21H24N4. The van der Waals surface area contributed by atoms with Gasteiger partial charge in [-0.2, -0.15) is 10.2 Å². The molecule has 25 heavy (non-hydrogen) atoms. The van der Waals surface area contributed by atoms with Crippen LogP contribution >= 0.6 is 0 Å². The molecule has 0 spiro atoms. The zero-order valence-corrected chi connectivity index (χ0v) is 15.2. The lowest BCUT2D eigenvalue weighted by Gasteiger charge is -2.05. The van der Waals surface area contributed by atoms with Crippen LogP contribution in [0.15, 0.2) is 53.6 Å². The molecule has 0 atom stereocenters. The molecule has 3 rings (SSSR count). The van der Waals surface area contributed by atoms with Gasteiger partial charge in [-0.25, -0.2) is 0 Å². The molecule has 4 heteroatoms. The van der Waals surface area contributed by atoms with Gasteiger partial charge in [0, 0.05) is 11.3 Å². The second-order valence-corrected chi connectivity index (χ2v) is 6.47. The van der Waals surface area contributed by atoms with Gasteiger partial charge in [-0.05, 0) is 51.0 Å². The Morgan fingerprint density at radius 3 is 2.48 bits per heavy atom. The fraction of sp³-hybridized carbons (Fsp3) is 0.238. The van der Waals surface area contributed by atoms with Crippen LogP contribution in [0, 0.1) is 27.7 Å². The number of nitrogens with zero attached hydrogens (tertiary/aromatic N) is 3. The third-order valence-electron chi connectivity index (χ3n) is 4.30. The highest BCUT2D eigenvalue weighted by Gasteiger charge is 2.10. The second kappa shape index (κ2) is 7.34. The quantitative estimate of drug-likeness (QED) is 0.547. The van der Waals surface area contributed by atoms with Gasteiger partial charge in [0.25, 0.3) is 0 Å². The summed E-state index contributed by atoms with van der Waals surface area (Å²) in [6.07, 6.45) is 1.85. The summed E-state index contributed by atoms with van der Waals surface area (Å²) in [5.74, 6) is 0. The van der Waals surface area contributed by atoms with Gasteiger partial charge < -0.3 is 0 Å². The van der Waals surface area contributed by atoms with Crippen molar-refractivity contribution in [3.05, 3.63) is 82.2 Å². The molecule has 0 saturated heterocycles. The zero-order chi connectivity index (χ0) is 17.8. The summed E-state index contributed by atoms with van der Waals surface area (Å²) in [7, 11) is 0. The number of benzene rings is 2. The van der Waals surface area contributed by atoms with Gasteiger partial charge in [-0.3, -0.25) is 10.1 Å². The molecule has 1 heterocycles. The molecule has 0 amide bonds. The Morgan fingerprint density at radius 1 is 1.00 bits per heavy atom. The van der Waals surface area contributed by atoms with Gasteiger partial charge >= 0.3 is 0 Å². The second-order valence-electron chi connectivity index (χ2n) is 6.47. The number of aromatic nitrogens is 2. The van der Waals surface area contributed by atoms with E-state index < -0.39 is 0 Å². The fourth-order valence-corrected chi connectivity index (χ4v) is 2.80. The Bertz CT molecular complexity index is 889. The molecule has 0 saturated carbocycles. The van der Waals surface area contributed by atoms with Crippen LogP contribution in [0.4, 0.5) is 5.69 Å². The molecule has 0 aliphatic heterocycles. The van der Waals surface area contributed by atoms with Gasteiger partial charge in [-0.1, -0.05) is 42.0 Å². The van der Waals surface area contributed by atoms with Crippen molar-refractivity contribution < 1.29 is 0 Å². The van der Waals surface area contributed by atoms with Crippen molar-refractivity contribution in [1.29, 1.82) is 0 Å². The Hall–Kier alpha value is -2.88. The van der Waals surface area contributed by atoms with Crippen LogP contribution in [-0.2, 0) is 6.54 Å². The monoisotopic (exact) mass is 332 g/mol. The largest absolute Gasteiger partial charge is 0.278 e. The van der Waals surface area contributed by atoms with Crippen molar-refractivity contribution in [2.45, 2.75) is 34.2 Å². The van der Waals surface area contributed by atoms with Crippen LogP contribution in [-0.4, -0.2) is 16.0 Å². The highest BCUT2D eigenvalue weighted by molar-refractivity contribution is 5.83. The maximum Gasteiger partial charge on any atom is 0.0685 e. The summed E-state index contributed by atoms with van der Waals surface area (Å²) in [6.45, 7) is 9.04. The molecule has 0 radical (unpaired) electrons. The topological polar surface area (TPSA) is 42.2 Å². The molecule has 0 unspecified atom stereocenters. The fourth-order valence-electron chi connectivity index (χ4n) is 2.80. The smallest absolute Gasteiger partial charge is 0.0685 e. The highest BCUT2D eigenvalue weighted by Crippen LogP contribution is 2.14. The van der Waals surface area contributed by atoms with Crippen molar-refractivity contribution in [3.63, 3.8) is 0 Å². The predicted octanol–water partition coefficient (Wildman–Crippen LogP) is 4.61. The van der Waals surface area contributed by atoms with E-state index in [1.807, 2.05) is 30.0 Å². The zero-order valence-electron chi connectivity index (χ0n) is 15.2. The molecule has 128 valence electrons. The highest BCUT2D eigenvalue weighted by atomic mass is 15.3. The van der Waals surface area contributed by atoms with E-state index in [1.165, 1.54) is 16.7 Å². The van der Waals surface area contributed by atoms with Gasteiger partial charge in [0.1, 0.15) is 0 Å². The molecule has 3 aromatic rings. The number of hydrogen-bond donors (Lipinski definition) is 1. The predicted molar refractivity (Wildman–Crippen MR) is 104 cm³/mol. The lowest BCUT2D eigenvalue weighted by molar-refractivity contribution is 0.659. The average molecular weight is 332 g/mol. The first-order valence-electron chi connectivity index (χ1n) is 8.48. The number of nitrogens with one attached hydrogen (secondary N) is 1. The van der Waals surface area contributed by atoms with Crippen molar-refractivity contribution in [2.24, 2.45) is 5.10 Å². The SMILES string of the molecule is Cc1ccc(Cn2nc(C)c(/C=N\Nc3cccc(C)c3)c2C)cc1. The van der Waals surface area contributed by atoms with Gasteiger partial charge in [0.05, 0.1) is 24.1 Å². The van der Waals surface area contributed by atoms with Crippen LogP contribution < -0.4 is 5.43 Å². The Kier molecular flexibility index (Phi) is 4.98. The van der Waals surface area contributed by atoms with E-state index in [0.29, 0.717) is 0 Å². The number of hydrazone groups is 1. The Morgan fingerprint density at radius 2 is 1.76 bits per heavy atom. The van der Waals surface area contributed by atoms with E-state index >= 15 is 0 Å². The summed E-state index contributed by atoms with van der Waals surface area (Å²) < 4.78 is 2.04. The molecule has 0 bridgehead atoms. The van der Waals surface area contributed by atoms with E-state index in [1.54, 1.807) is 0 Å². The molecule has 0 aliphatic rings. The maximum absolute atomic E-state index is 4.67. The van der Waals surface area contributed by atoms with Gasteiger partial charge in [-0.15, -0.1) is 0 Å². The van der Waals surface area contributed by atoms with E-state index in [2.05, 4.69) is 72.8 Å². The first-order chi connectivity index (χ1) is 12.0. The standard InChI is InChI=1S/C21H24N4/c1-15-8-10-19(11-9-15)14-25-18(4)21(17(3)24-25)13-22-23-20-7-5-6-16(2)12-20/h5-13,23H,14H2,1-4H3/b22-13-. The Labute approximate surface area is 149 Å². The molecule has 0 fully saturated rings. The van der Waals surface area contributed by atoms with Crippen molar-refractivity contribution >= 4 is 11.9 Å². The van der Waals surface area contributed by atoms with Crippen molar-refractivity contribution in [3.8, 4) is 0 Å². The summed E-state index contributed by atoms with van der Waals surface area (Å²) in [6, 6.07) is 16.7. The van der Waals surface area contributed by atoms with Crippen LogP contribution in [0.25, 0.3) is 0 Å². The van der Waals surface area contributed by atoms with E-state index in [0.717, 1.165) is 29.2 Å². The Balaban J connectivity index is 1.75. The lowest BCUT2D eigenvalue weighted by Crippen LogP contribution is -2.04.